The molecule has 0 aliphatic carbocycles. The van der Waals surface area contributed by atoms with Gasteiger partial charge in [0.1, 0.15) is 5.75 Å². The minimum Gasteiger partial charge on any atom is -0.496 e. The molecule has 6 heteroatoms. The zero-order valence-electron chi connectivity index (χ0n) is 12.9. The van der Waals surface area contributed by atoms with Crippen LogP contribution in [-0.2, 0) is 4.79 Å². The predicted molar refractivity (Wildman–Crippen MR) is 97.2 cm³/mol. The molecule has 1 atom stereocenters. The Balaban J connectivity index is 1.89. The third-order valence-corrected chi connectivity index (χ3v) is 4.21. The largest absolute Gasteiger partial charge is 0.496 e. The fraction of sp³-hybridized carbons (Fsp3) is 0.235. The van der Waals surface area contributed by atoms with Gasteiger partial charge in [0.05, 0.1) is 18.1 Å². The van der Waals surface area contributed by atoms with Crippen LogP contribution in [0.25, 0.3) is 0 Å². The normalized spacial score (nSPS) is 11.8. The Bertz CT molecular complexity index is 694. The average Bonchev–Trinajstić information content (AvgIpc) is 2.52. The monoisotopic (exact) mass is 396 g/mol. The highest BCUT2D eigenvalue weighted by Gasteiger charge is 2.10. The first-order chi connectivity index (χ1) is 11.0. The number of nitrogens with one attached hydrogen (secondary N) is 2. The lowest BCUT2D eigenvalue weighted by Crippen LogP contribution is -2.30. The van der Waals surface area contributed by atoms with Crippen molar-refractivity contribution in [2.75, 3.05) is 19.0 Å². The van der Waals surface area contributed by atoms with Crippen LogP contribution in [0.5, 0.6) is 5.75 Å². The first kappa shape index (κ1) is 17.8. The fourth-order valence-electron chi connectivity index (χ4n) is 2.09. The Morgan fingerprint density at radius 2 is 2.09 bits per heavy atom. The molecule has 4 nitrogen and oxygen atoms in total. The van der Waals surface area contributed by atoms with Crippen molar-refractivity contribution in [3.63, 3.8) is 0 Å². The van der Waals surface area contributed by atoms with Gasteiger partial charge >= 0.3 is 0 Å². The molecular formula is C17H18BrClN2O2. The van der Waals surface area contributed by atoms with E-state index in [-0.39, 0.29) is 18.5 Å². The molecule has 0 bridgehead atoms. The lowest BCUT2D eigenvalue weighted by Gasteiger charge is -2.15. The second-order valence-electron chi connectivity index (χ2n) is 5.06. The number of anilines is 1. The summed E-state index contributed by atoms with van der Waals surface area (Å²) < 4.78 is 6.10. The lowest BCUT2D eigenvalue weighted by molar-refractivity contribution is -0.115. The summed E-state index contributed by atoms with van der Waals surface area (Å²) in [7, 11) is 1.63. The third-order valence-electron chi connectivity index (χ3n) is 3.35. The van der Waals surface area contributed by atoms with E-state index in [1.54, 1.807) is 31.4 Å². The van der Waals surface area contributed by atoms with E-state index < -0.39 is 0 Å². The number of hydrogen-bond donors (Lipinski definition) is 2. The molecule has 1 amide bonds. The molecular weight excluding hydrogens is 380 g/mol. The maximum Gasteiger partial charge on any atom is 0.238 e. The molecule has 0 aromatic heterocycles. The smallest absolute Gasteiger partial charge is 0.238 e. The molecule has 0 saturated heterocycles. The van der Waals surface area contributed by atoms with E-state index in [1.165, 1.54) is 0 Å². The van der Waals surface area contributed by atoms with Crippen LogP contribution in [0.2, 0.25) is 5.02 Å². The molecule has 2 aromatic rings. The predicted octanol–water partition coefficient (Wildman–Crippen LogP) is 4.40. The molecule has 0 unspecified atom stereocenters. The number of benzene rings is 2. The van der Waals surface area contributed by atoms with Gasteiger partial charge in [-0.25, -0.2) is 0 Å². The van der Waals surface area contributed by atoms with Crippen molar-refractivity contribution >= 4 is 39.1 Å². The van der Waals surface area contributed by atoms with Gasteiger partial charge < -0.3 is 15.4 Å². The highest BCUT2D eigenvalue weighted by Crippen LogP contribution is 2.27. The molecule has 0 radical (unpaired) electrons. The van der Waals surface area contributed by atoms with Gasteiger partial charge in [-0.05, 0) is 58.7 Å². The number of methoxy groups -OCH3 is 1. The number of carbonyl (C=O) groups is 1. The van der Waals surface area contributed by atoms with Gasteiger partial charge in [-0.15, -0.1) is 0 Å². The van der Waals surface area contributed by atoms with Crippen LogP contribution in [0.15, 0.2) is 46.9 Å². The van der Waals surface area contributed by atoms with Crippen LogP contribution < -0.4 is 15.4 Å². The zero-order valence-corrected chi connectivity index (χ0v) is 15.2. The van der Waals surface area contributed by atoms with Gasteiger partial charge in [-0.3, -0.25) is 4.79 Å². The standard InChI is InChI=1S/C17H18BrClN2O2/c1-11(12-6-7-16(23-2)15(18)8-12)20-10-17(22)21-14-5-3-4-13(19)9-14/h3-9,11,20H,10H2,1-2H3,(H,21,22)/t11-/m1/s1. The highest BCUT2D eigenvalue weighted by atomic mass is 79.9. The number of halogens is 2. The molecule has 2 N–H and O–H groups in total. The van der Waals surface area contributed by atoms with Gasteiger partial charge in [0.15, 0.2) is 0 Å². The maximum atomic E-state index is 12.0. The van der Waals surface area contributed by atoms with Crippen molar-refractivity contribution in [3.8, 4) is 5.75 Å². The van der Waals surface area contributed by atoms with Gasteiger partial charge in [-0.2, -0.15) is 0 Å². The van der Waals surface area contributed by atoms with E-state index in [9.17, 15) is 4.79 Å². The van der Waals surface area contributed by atoms with E-state index in [1.807, 2.05) is 25.1 Å². The lowest BCUT2D eigenvalue weighted by atomic mass is 10.1. The van der Waals surface area contributed by atoms with Gasteiger partial charge in [-0.1, -0.05) is 23.7 Å². The maximum absolute atomic E-state index is 12.0. The minimum atomic E-state index is -0.119. The molecule has 0 saturated carbocycles. The Kier molecular flexibility index (Phi) is 6.45. The summed E-state index contributed by atoms with van der Waals surface area (Å²) in [5, 5.41) is 6.59. The molecule has 0 fully saturated rings. The van der Waals surface area contributed by atoms with Gasteiger partial charge in [0.25, 0.3) is 0 Å². The van der Waals surface area contributed by atoms with Gasteiger partial charge in [0, 0.05) is 16.8 Å². The Morgan fingerprint density at radius 1 is 1.30 bits per heavy atom. The molecule has 122 valence electrons. The SMILES string of the molecule is COc1ccc([C@@H](C)NCC(=O)Nc2cccc(Cl)c2)cc1Br. The molecule has 0 spiro atoms. The summed E-state index contributed by atoms with van der Waals surface area (Å²) >= 11 is 9.36. The molecule has 2 rings (SSSR count). The molecule has 23 heavy (non-hydrogen) atoms. The third kappa shape index (κ3) is 5.23. The number of carbonyl (C=O) groups excluding carboxylic acids is 1. The van der Waals surface area contributed by atoms with E-state index in [0.717, 1.165) is 15.8 Å². The quantitative estimate of drug-likeness (QED) is 0.759. The molecule has 2 aromatic carbocycles. The first-order valence-electron chi connectivity index (χ1n) is 7.12. The van der Waals surface area contributed by atoms with Crippen molar-refractivity contribution < 1.29 is 9.53 Å². The summed E-state index contributed by atoms with van der Waals surface area (Å²) in [6, 6.07) is 12.9. The first-order valence-corrected chi connectivity index (χ1v) is 8.29. The summed E-state index contributed by atoms with van der Waals surface area (Å²) in [6.45, 7) is 2.21. The Hall–Kier alpha value is -1.56. The summed E-state index contributed by atoms with van der Waals surface area (Å²) in [5.74, 6) is 0.659. The number of rotatable bonds is 6. The Morgan fingerprint density at radius 3 is 2.74 bits per heavy atom. The van der Waals surface area contributed by atoms with Gasteiger partial charge in [0.2, 0.25) is 5.91 Å². The number of ether oxygens (including phenoxy) is 1. The molecule has 0 heterocycles. The van der Waals surface area contributed by atoms with E-state index in [4.69, 9.17) is 16.3 Å². The van der Waals surface area contributed by atoms with Crippen LogP contribution in [-0.4, -0.2) is 19.6 Å². The number of hydrogen-bond acceptors (Lipinski definition) is 3. The zero-order chi connectivity index (χ0) is 16.8. The second kappa shape index (κ2) is 8.34. The van der Waals surface area contributed by atoms with Crippen LogP contribution in [0.4, 0.5) is 5.69 Å². The van der Waals surface area contributed by atoms with Crippen molar-refractivity contribution in [2.45, 2.75) is 13.0 Å². The number of amides is 1. The van der Waals surface area contributed by atoms with Crippen LogP contribution in [0.1, 0.15) is 18.5 Å². The fourth-order valence-corrected chi connectivity index (χ4v) is 2.84. The summed E-state index contributed by atoms with van der Waals surface area (Å²) in [6.07, 6.45) is 0. The van der Waals surface area contributed by atoms with E-state index in [0.29, 0.717) is 10.7 Å². The van der Waals surface area contributed by atoms with Crippen LogP contribution in [0.3, 0.4) is 0 Å². The van der Waals surface area contributed by atoms with Crippen LogP contribution >= 0.6 is 27.5 Å². The van der Waals surface area contributed by atoms with Crippen molar-refractivity contribution in [1.29, 1.82) is 0 Å². The molecule has 0 aliphatic heterocycles. The summed E-state index contributed by atoms with van der Waals surface area (Å²) in [5.41, 5.74) is 1.75. The van der Waals surface area contributed by atoms with Crippen LogP contribution in [0, 0.1) is 0 Å². The van der Waals surface area contributed by atoms with Crippen molar-refractivity contribution in [3.05, 3.63) is 57.5 Å². The van der Waals surface area contributed by atoms with E-state index >= 15 is 0 Å². The molecule has 0 aliphatic rings. The van der Waals surface area contributed by atoms with E-state index in [2.05, 4.69) is 26.6 Å². The second-order valence-corrected chi connectivity index (χ2v) is 6.35. The summed E-state index contributed by atoms with van der Waals surface area (Å²) in [4.78, 5) is 12.0. The Labute approximate surface area is 149 Å². The topological polar surface area (TPSA) is 50.4 Å². The average molecular weight is 398 g/mol. The van der Waals surface area contributed by atoms with Crippen molar-refractivity contribution in [1.82, 2.24) is 5.32 Å². The van der Waals surface area contributed by atoms with Crippen molar-refractivity contribution in [2.24, 2.45) is 0 Å². The minimum absolute atomic E-state index is 0.0299. The highest BCUT2D eigenvalue weighted by molar-refractivity contribution is 9.10.